The normalized spacial score (nSPS) is 29.3. The summed E-state index contributed by atoms with van der Waals surface area (Å²) in [6.07, 6.45) is -1.19. The van der Waals surface area contributed by atoms with Crippen molar-refractivity contribution in [1.29, 1.82) is 0 Å². The molecule has 2 bridgehead atoms. The van der Waals surface area contributed by atoms with Gasteiger partial charge in [0.1, 0.15) is 11.7 Å². The molecule has 7 rings (SSSR count). The fourth-order valence-electron chi connectivity index (χ4n) is 8.47. The summed E-state index contributed by atoms with van der Waals surface area (Å²) < 4.78 is 13.0. The molecule has 5 N–H and O–H groups in total. The second-order valence-electron chi connectivity index (χ2n) is 12.4. The molecule has 1 saturated carbocycles. The quantitative estimate of drug-likeness (QED) is 0.160. The Balaban J connectivity index is 0.000000337. The van der Waals surface area contributed by atoms with Crippen LogP contribution >= 0.6 is 0 Å². The van der Waals surface area contributed by atoms with Crippen LogP contribution in [0.25, 0.3) is 0 Å². The molecule has 14 nitrogen and oxygen atoms in total. The first kappa shape index (κ1) is 32.2. The van der Waals surface area contributed by atoms with Gasteiger partial charge in [-0.25, -0.2) is 9.59 Å². The van der Waals surface area contributed by atoms with Gasteiger partial charge >= 0.3 is 17.9 Å². The van der Waals surface area contributed by atoms with Crippen molar-refractivity contribution in [3.05, 3.63) is 71.3 Å². The number of likely N-dealkylation sites (tertiary alicyclic amines) is 1. The van der Waals surface area contributed by atoms with E-state index in [2.05, 4.69) is 11.5 Å². The number of piperidine rings is 1. The number of benzene rings is 2. The molecule has 3 aliphatic heterocycles. The van der Waals surface area contributed by atoms with Crippen LogP contribution < -0.4 is 4.74 Å². The lowest BCUT2D eigenvalue weighted by Crippen LogP contribution is -2.79. The van der Waals surface area contributed by atoms with E-state index in [1.807, 2.05) is 12.1 Å². The molecular formula is C33H34N2O12. The van der Waals surface area contributed by atoms with Crippen molar-refractivity contribution in [2.24, 2.45) is 0 Å². The van der Waals surface area contributed by atoms with Crippen LogP contribution in [0.5, 0.6) is 11.5 Å². The lowest BCUT2D eigenvalue weighted by molar-refractivity contribution is -0.220. The third-order valence-electron chi connectivity index (χ3n) is 10.2. The molecule has 7 atom stereocenters. The van der Waals surface area contributed by atoms with Crippen LogP contribution in [0.4, 0.5) is 0 Å². The van der Waals surface area contributed by atoms with Gasteiger partial charge in [-0.2, -0.15) is 0 Å². The number of carbonyl (C=O) groups excluding carboxylic acids is 3. The third-order valence-corrected chi connectivity index (χ3v) is 10.2. The average molecular weight is 651 g/mol. The number of ether oxygens (including phenoxy) is 2. The highest BCUT2D eigenvalue weighted by Gasteiger charge is 2.76. The molecule has 2 amide bonds. The van der Waals surface area contributed by atoms with Gasteiger partial charge in [-0.1, -0.05) is 24.3 Å². The summed E-state index contributed by atoms with van der Waals surface area (Å²) in [5.41, 5.74) is 0.966. The van der Waals surface area contributed by atoms with Crippen LogP contribution in [0.15, 0.2) is 49.1 Å². The first-order valence-corrected chi connectivity index (χ1v) is 15.2. The SMILES string of the molecule is C=CCN1CC[C@]23c4c5ccc(O)c4O[C@H]2[C@H](N2C(=O)c4ccccc4C2=O)CC[C@@]3(OC(C)=O)[C@H]1C5.O=C(O)C(O)C(O)C(=O)O. The molecule has 2 unspecified atom stereocenters. The van der Waals surface area contributed by atoms with Gasteiger partial charge in [0.05, 0.1) is 28.6 Å². The van der Waals surface area contributed by atoms with Crippen LogP contribution in [0.2, 0.25) is 0 Å². The molecule has 1 spiro atoms. The smallest absolute Gasteiger partial charge is 0.335 e. The number of nitrogens with zero attached hydrogens (tertiary/aromatic N) is 2. The van der Waals surface area contributed by atoms with E-state index in [1.54, 1.807) is 30.3 Å². The Morgan fingerprint density at radius 2 is 1.66 bits per heavy atom. The van der Waals surface area contributed by atoms with Gasteiger partial charge in [-0.15, -0.1) is 6.58 Å². The predicted molar refractivity (Wildman–Crippen MR) is 160 cm³/mol. The lowest BCUT2D eigenvalue weighted by Gasteiger charge is -2.65. The van der Waals surface area contributed by atoms with Gasteiger partial charge in [0, 0.05) is 25.6 Å². The van der Waals surface area contributed by atoms with Crippen molar-refractivity contribution in [3.63, 3.8) is 0 Å². The number of hydrogen-bond donors (Lipinski definition) is 5. The predicted octanol–water partition coefficient (Wildman–Crippen LogP) is 0.845. The van der Waals surface area contributed by atoms with Crippen LogP contribution in [-0.4, -0.2) is 114 Å². The average Bonchev–Trinajstić information content (AvgIpc) is 3.51. The number of esters is 1. The van der Waals surface area contributed by atoms with E-state index < -0.39 is 47.3 Å². The number of aliphatic hydroxyl groups is 2. The summed E-state index contributed by atoms with van der Waals surface area (Å²) in [4.78, 5) is 63.0. The molecule has 2 aromatic rings. The highest BCUT2D eigenvalue weighted by atomic mass is 16.6. The van der Waals surface area contributed by atoms with Crippen molar-refractivity contribution in [2.75, 3.05) is 13.1 Å². The Hall–Kier alpha value is -4.79. The van der Waals surface area contributed by atoms with Crippen molar-refractivity contribution >= 4 is 29.7 Å². The third kappa shape index (κ3) is 4.53. The van der Waals surface area contributed by atoms with Crippen LogP contribution in [0.3, 0.4) is 0 Å². The summed E-state index contributed by atoms with van der Waals surface area (Å²) in [5, 5.41) is 43.4. The molecule has 2 aliphatic carbocycles. The number of carboxylic acid groups (broad SMARTS) is 2. The maximum atomic E-state index is 13.6. The molecule has 14 heteroatoms. The molecule has 3 heterocycles. The fraction of sp³-hybridized carbons (Fsp3) is 0.424. The molecular weight excluding hydrogens is 616 g/mol. The largest absolute Gasteiger partial charge is 0.504 e. The van der Waals surface area contributed by atoms with E-state index >= 15 is 0 Å². The van der Waals surface area contributed by atoms with Crippen LogP contribution in [-0.2, 0) is 31.0 Å². The number of aliphatic carboxylic acids is 2. The molecule has 248 valence electrons. The van der Waals surface area contributed by atoms with E-state index in [9.17, 15) is 29.1 Å². The number of imide groups is 1. The van der Waals surface area contributed by atoms with Gasteiger partial charge in [0.15, 0.2) is 23.7 Å². The van der Waals surface area contributed by atoms with E-state index in [0.29, 0.717) is 55.6 Å². The van der Waals surface area contributed by atoms with Crippen molar-refractivity contribution in [1.82, 2.24) is 9.80 Å². The first-order valence-electron chi connectivity index (χ1n) is 15.2. The number of amides is 2. The van der Waals surface area contributed by atoms with E-state index in [4.69, 9.17) is 29.9 Å². The Bertz CT molecular complexity index is 1660. The second-order valence-corrected chi connectivity index (χ2v) is 12.4. The Kier molecular flexibility index (Phi) is 7.85. The number of hydrogen-bond acceptors (Lipinski definition) is 11. The first-order chi connectivity index (χ1) is 22.3. The van der Waals surface area contributed by atoms with Gasteiger partial charge in [-0.05, 0) is 49.4 Å². The van der Waals surface area contributed by atoms with E-state index in [0.717, 1.165) is 11.1 Å². The summed E-state index contributed by atoms with van der Waals surface area (Å²) in [7, 11) is 0. The highest BCUT2D eigenvalue weighted by molar-refractivity contribution is 6.21. The van der Waals surface area contributed by atoms with E-state index in [1.165, 1.54) is 11.8 Å². The number of phenolic OH excluding ortho intramolecular Hbond substituents is 1. The lowest BCUT2D eigenvalue weighted by atomic mass is 9.48. The Morgan fingerprint density at radius 1 is 1.04 bits per heavy atom. The monoisotopic (exact) mass is 650 g/mol. The second kappa shape index (κ2) is 11.5. The van der Waals surface area contributed by atoms with Crippen LogP contribution in [0.1, 0.15) is 58.0 Å². The summed E-state index contributed by atoms with van der Waals surface area (Å²) in [6, 6.07) is 9.75. The molecule has 2 aromatic carbocycles. The highest BCUT2D eigenvalue weighted by Crippen LogP contribution is 2.67. The fourth-order valence-corrected chi connectivity index (χ4v) is 8.47. The van der Waals surface area contributed by atoms with E-state index in [-0.39, 0.29) is 29.6 Å². The molecule has 0 aromatic heterocycles. The number of fused-ring (bicyclic) bond motifs is 1. The summed E-state index contributed by atoms with van der Waals surface area (Å²) in [6.45, 7) is 6.73. The summed E-state index contributed by atoms with van der Waals surface area (Å²) >= 11 is 0. The molecule has 1 saturated heterocycles. The molecule has 2 fully saturated rings. The number of rotatable bonds is 7. The maximum absolute atomic E-state index is 13.6. The number of aromatic hydroxyl groups is 1. The zero-order chi connectivity index (χ0) is 34.0. The zero-order valence-electron chi connectivity index (χ0n) is 25.4. The number of phenols is 1. The van der Waals surface area contributed by atoms with Gasteiger partial charge in [0.2, 0.25) is 0 Å². The Labute approximate surface area is 268 Å². The van der Waals surface area contributed by atoms with Crippen LogP contribution in [0, 0.1) is 0 Å². The van der Waals surface area contributed by atoms with Gasteiger partial charge < -0.3 is 35.0 Å². The topological polar surface area (TPSA) is 211 Å². The number of carbonyl (C=O) groups is 5. The minimum atomic E-state index is -2.27. The Morgan fingerprint density at radius 3 is 2.21 bits per heavy atom. The minimum Gasteiger partial charge on any atom is -0.504 e. The van der Waals surface area contributed by atoms with Crippen molar-refractivity contribution in [3.8, 4) is 11.5 Å². The molecule has 5 aliphatic rings. The molecule has 0 radical (unpaired) electrons. The minimum absolute atomic E-state index is 0.0207. The van der Waals surface area contributed by atoms with Crippen molar-refractivity contribution in [2.45, 2.75) is 74.0 Å². The number of aliphatic hydroxyl groups excluding tert-OH is 2. The number of carboxylic acids is 2. The zero-order valence-corrected chi connectivity index (χ0v) is 25.4. The standard InChI is InChI=1S/C29H28N2O6.C4H6O6/c1-3-13-30-14-12-28-23-17-8-9-21(33)24(23)36-25(28)20(10-11-29(28,22(30)15-17)37-16(2)32)31-26(34)18-6-4-5-7-19(18)27(31)35;5-1(3(7)8)2(6)4(9)10/h3-9,20,22,25,33H,1,10-15H2,2H3;1-2,5-6H,(H,7,8)(H,9,10)/t20-,22-,25+,28+,29-;/m1./s1. The maximum Gasteiger partial charge on any atom is 0.335 e. The van der Waals surface area contributed by atoms with Gasteiger partial charge in [-0.3, -0.25) is 24.2 Å². The summed E-state index contributed by atoms with van der Waals surface area (Å²) in [5.74, 6) is -4.17. The van der Waals surface area contributed by atoms with Crippen molar-refractivity contribution < 1.29 is 59.0 Å². The van der Waals surface area contributed by atoms with Gasteiger partial charge in [0.25, 0.3) is 11.8 Å². The molecule has 47 heavy (non-hydrogen) atoms.